The largest absolute Gasteiger partial charge is 0.495 e. The van der Waals surface area contributed by atoms with Crippen LogP contribution in [0.4, 0.5) is 11.6 Å². The van der Waals surface area contributed by atoms with Crippen LogP contribution in [0.3, 0.4) is 0 Å². The van der Waals surface area contributed by atoms with Crippen LogP contribution in [0.2, 0.25) is 5.02 Å². The molecule has 10 heteroatoms. The van der Waals surface area contributed by atoms with Crippen LogP contribution in [-0.2, 0) is 17.2 Å². The number of ether oxygens (including phenoxy) is 2. The monoisotopic (exact) mass is 623 g/mol. The Bertz CT molecular complexity index is 1790. The summed E-state index contributed by atoms with van der Waals surface area (Å²) >= 11 is 7.55. The van der Waals surface area contributed by atoms with Gasteiger partial charge in [-0.05, 0) is 60.0 Å². The first kappa shape index (κ1) is 29.3. The summed E-state index contributed by atoms with van der Waals surface area (Å²) in [6.07, 6.45) is 0. The minimum absolute atomic E-state index is 0.271. The van der Waals surface area contributed by atoms with Gasteiger partial charge in [-0.3, -0.25) is 4.79 Å². The van der Waals surface area contributed by atoms with E-state index in [1.165, 1.54) is 5.56 Å². The van der Waals surface area contributed by atoms with Gasteiger partial charge in [-0.1, -0.05) is 90.1 Å². The molecule has 1 aliphatic rings. The third-order valence-electron chi connectivity index (χ3n) is 7.16. The number of anilines is 2. The van der Waals surface area contributed by atoms with Crippen molar-refractivity contribution >= 4 is 40.9 Å². The van der Waals surface area contributed by atoms with Gasteiger partial charge in [0.2, 0.25) is 11.1 Å². The molecule has 0 saturated heterocycles. The lowest BCUT2D eigenvalue weighted by Crippen LogP contribution is -2.31. The van der Waals surface area contributed by atoms with Crippen molar-refractivity contribution < 1.29 is 14.3 Å². The molecule has 1 amide bonds. The molecule has 0 saturated carbocycles. The molecule has 0 aliphatic carbocycles. The molecule has 2 N–H and O–H groups in total. The Balaban J connectivity index is 1.30. The SMILES string of the molecule is COc1ccccc1NC(=O)C1=C(C)Nc2nc(SCc3ccccc3)nn2C1c1ccc(OCc2ccc(Cl)cc2)cc1. The van der Waals surface area contributed by atoms with E-state index in [-0.39, 0.29) is 5.91 Å². The normalized spacial score (nSPS) is 14.0. The van der Waals surface area contributed by atoms with Crippen molar-refractivity contribution in [3.05, 3.63) is 136 Å². The van der Waals surface area contributed by atoms with Crippen LogP contribution in [0.15, 0.2) is 120 Å². The zero-order valence-corrected chi connectivity index (χ0v) is 25.7. The fourth-order valence-corrected chi connectivity index (χ4v) is 5.86. The van der Waals surface area contributed by atoms with Crippen molar-refractivity contribution in [3.8, 4) is 11.5 Å². The molecule has 44 heavy (non-hydrogen) atoms. The number of amides is 1. The van der Waals surface area contributed by atoms with Crippen LogP contribution in [0, 0.1) is 0 Å². The number of rotatable bonds is 10. The minimum Gasteiger partial charge on any atom is -0.495 e. The second kappa shape index (κ2) is 13.3. The molecule has 1 aliphatic heterocycles. The Labute approximate surface area is 265 Å². The molecule has 1 unspecified atom stereocenters. The van der Waals surface area contributed by atoms with Gasteiger partial charge in [-0.15, -0.1) is 5.10 Å². The van der Waals surface area contributed by atoms with E-state index in [9.17, 15) is 4.79 Å². The van der Waals surface area contributed by atoms with Crippen LogP contribution in [0.25, 0.3) is 0 Å². The molecule has 6 rings (SSSR count). The number of para-hydroxylation sites is 2. The van der Waals surface area contributed by atoms with Crippen LogP contribution in [-0.4, -0.2) is 27.8 Å². The van der Waals surface area contributed by atoms with Crippen LogP contribution in [0.1, 0.15) is 29.7 Å². The highest BCUT2D eigenvalue weighted by Gasteiger charge is 2.34. The van der Waals surface area contributed by atoms with E-state index in [4.69, 9.17) is 31.2 Å². The number of aromatic nitrogens is 3. The maximum absolute atomic E-state index is 13.9. The Morgan fingerprint density at radius 1 is 0.955 bits per heavy atom. The molecule has 0 radical (unpaired) electrons. The lowest BCUT2D eigenvalue weighted by Gasteiger charge is -2.29. The fourth-order valence-electron chi connectivity index (χ4n) is 4.95. The number of halogens is 1. The number of benzene rings is 4. The van der Waals surface area contributed by atoms with Crippen molar-refractivity contribution in [1.82, 2.24) is 14.8 Å². The third kappa shape index (κ3) is 6.59. The van der Waals surface area contributed by atoms with Gasteiger partial charge < -0.3 is 20.1 Å². The molecule has 8 nitrogen and oxygen atoms in total. The summed E-state index contributed by atoms with van der Waals surface area (Å²) in [7, 11) is 1.58. The summed E-state index contributed by atoms with van der Waals surface area (Å²) in [5.74, 6) is 2.30. The molecule has 0 spiro atoms. The number of hydrogen-bond acceptors (Lipinski definition) is 7. The lowest BCUT2D eigenvalue weighted by atomic mass is 9.95. The average Bonchev–Trinajstić information content (AvgIpc) is 3.46. The molecule has 222 valence electrons. The maximum Gasteiger partial charge on any atom is 0.255 e. The number of nitrogens with zero attached hydrogens (tertiary/aromatic N) is 3. The molecule has 5 aromatic rings. The van der Waals surface area contributed by atoms with Crippen LogP contribution >= 0.6 is 23.4 Å². The van der Waals surface area contributed by atoms with Crippen LogP contribution in [0.5, 0.6) is 11.5 Å². The first-order valence-electron chi connectivity index (χ1n) is 14.0. The number of fused-ring (bicyclic) bond motifs is 1. The summed E-state index contributed by atoms with van der Waals surface area (Å²) in [6, 6.07) is 32.2. The molecule has 4 aromatic carbocycles. The van der Waals surface area contributed by atoms with Gasteiger partial charge in [0.1, 0.15) is 24.1 Å². The van der Waals surface area contributed by atoms with E-state index in [0.717, 1.165) is 16.9 Å². The molecular weight excluding hydrogens is 594 g/mol. The second-order valence-electron chi connectivity index (χ2n) is 10.1. The van der Waals surface area contributed by atoms with Gasteiger partial charge in [0, 0.05) is 16.5 Å². The molecular formula is C34H30ClN5O3S. The first-order chi connectivity index (χ1) is 21.5. The van der Waals surface area contributed by atoms with Crippen molar-refractivity contribution in [2.45, 2.75) is 30.5 Å². The van der Waals surface area contributed by atoms with Crippen molar-refractivity contribution in [2.24, 2.45) is 0 Å². The smallest absolute Gasteiger partial charge is 0.255 e. The predicted molar refractivity (Wildman–Crippen MR) is 174 cm³/mol. The van der Waals surface area contributed by atoms with Gasteiger partial charge in [0.25, 0.3) is 5.91 Å². The van der Waals surface area contributed by atoms with Crippen molar-refractivity contribution in [1.29, 1.82) is 0 Å². The predicted octanol–water partition coefficient (Wildman–Crippen LogP) is 7.74. The number of carbonyl (C=O) groups is 1. The Kier molecular flexibility index (Phi) is 8.86. The number of methoxy groups -OCH3 is 1. The zero-order chi connectivity index (χ0) is 30.5. The quantitative estimate of drug-likeness (QED) is 0.154. The third-order valence-corrected chi connectivity index (χ3v) is 8.32. The highest BCUT2D eigenvalue weighted by atomic mass is 35.5. The Morgan fingerprint density at radius 2 is 1.68 bits per heavy atom. The summed E-state index contributed by atoms with van der Waals surface area (Å²) in [5, 5.41) is 12.5. The lowest BCUT2D eigenvalue weighted by molar-refractivity contribution is -0.113. The van der Waals surface area contributed by atoms with E-state index in [1.54, 1.807) is 23.6 Å². The second-order valence-corrected chi connectivity index (χ2v) is 11.5. The topological polar surface area (TPSA) is 90.3 Å². The summed E-state index contributed by atoms with van der Waals surface area (Å²) in [5.41, 5.74) is 4.83. The Hall–Kier alpha value is -4.73. The van der Waals surface area contributed by atoms with E-state index < -0.39 is 6.04 Å². The van der Waals surface area contributed by atoms with E-state index in [0.29, 0.717) is 51.2 Å². The first-order valence-corrected chi connectivity index (χ1v) is 15.4. The molecule has 1 atom stereocenters. The molecule has 2 heterocycles. The number of hydrogen-bond donors (Lipinski definition) is 2. The van der Waals surface area contributed by atoms with Gasteiger partial charge in [0.05, 0.1) is 18.4 Å². The summed E-state index contributed by atoms with van der Waals surface area (Å²) in [6.45, 7) is 2.29. The van der Waals surface area contributed by atoms with Crippen molar-refractivity contribution in [2.75, 3.05) is 17.7 Å². The average molecular weight is 624 g/mol. The zero-order valence-electron chi connectivity index (χ0n) is 24.2. The fraction of sp³-hybridized carbons (Fsp3) is 0.147. The van der Waals surface area contributed by atoms with E-state index >= 15 is 0 Å². The van der Waals surface area contributed by atoms with Gasteiger partial charge in [-0.25, -0.2) is 4.68 Å². The Morgan fingerprint density at radius 3 is 2.43 bits per heavy atom. The number of thioether (sulfide) groups is 1. The number of allylic oxidation sites excluding steroid dienone is 1. The highest BCUT2D eigenvalue weighted by molar-refractivity contribution is 7.98. The highest BCUT2D eigenvalue weighted by Crippen LogP contribution is 2.38. The van der Waals surface area contributed by atoms with Crippen molar-refractivity contribution in [3.63, 3.8) is 0 Å². The minimum atomic E-state index is -0.537. The number of carbonyl (C=O) groups excluding carboxylic acids is 1. The summed E-state index contributed by atoms with van der Waals surface area (Å²) < 4.78 is 13.3. The number of nitrogens with one attached hydrogen (secondary N) is 2. The van der Waals surface area contributed by atoms with Gasteiger partial charge in [-0.2, -0.15) is 4.98 Å². The summed E-state index contributed by atoms with van der Waals surface area (Å²) in [4.78, 5) is 18.7. The maximum atomic E-state index is 13.9. The standard InChI is InChI=1S/C34H30ClN5O3S/c1-22-30(32(41)37-28-10-6-7-11-29(28)42-2)31(25-14-18-27(19-15-25)43-20-23-12-16-26(35)17-13-23)40-33(36-22)38-34(39-40)44-21-24-8-4-3-5-9-24/h3-19,31H,20-21H2,1-2H3,(H,37,41)(H,36,38,39). The molecule has 0 bridgehead atoms. The van der Waals surface area contributed by atoms with E-state index in [2.05, 4.69) is 22.8 Å². The molecule has 1 aromatic heterocycles. The van der Waals surface area contributed by atoms with Gasteiger partial charge >= 0.3 is 0 Å². The van der Waals surface area contributed by atoms with Gasteiger partial charge in [0.15, 0.2) is 0 Å². The molecule has 0 fully saturated rings. The van der Waals surface area contributed by atoms with E-state index in [1.807, 2.05) is 97.9 Å². The van der Waals surface area contributed by atoms with Crippen LogP contribution < -0.4 is 20.1 Å².